The molecule has 0 heterocycles. The highest BCUT2D eigenvalue weighted by Crippen LogP contribution is 2.22. The predicted molar refractivity (Wildman–Crippen MR) is 95.2 cm³/mol. The van der Waals surface area contributed by atoms with Crippen LogP contribution in [0, 0.1) is 17.1 Å². The highest BCUT2D eigenvalue weighted by atomic mass is 19.1. The number of amides is 1. The molecule has 0 radical (unpaired) electrons. The van der Waals surface area contributed by atoms with E-state index in [0.717, 1.165) is 5.69 Å². The molecule has 0 saturated carbocycles. The van der Waals surface area contributed by atoms with Gasteiger partial charge < -0.3 is 10.6 Å². The summed E-state index contributed by atoms with van der Waals surface area (Å²) in [7, 11) is 0. The molecule has 1 amide bonds. The Kier molecular flexibility index (Phi) is 4.72. The van der Waals surface area contributed by atoms with Crippen LogP contribution in [0.1, 0.15) is 15.9 Å². The van der Waals surface area contributed by atoms with Gasteiger partial charge in [0, 0.05) is 16.9 Å². The molecule has 0 aromatic heterocycles. The molecule has 4 nitrogen and oxygen atoms in total. The lowest BCUT2D eigenvalue weighted by Crippen LogP contribution is -2.11. The van der Waals surface area contributed by atoms with E-state index in [1.165, 1.54) is 24.3 Å². The molecule has 0 aliphatic heterocycles. The van der Waals surface area contributed by atoms with Crippen LogP contribution in [0.4, 0.5) is 21.5 Å². The smallest absolute Gasteiger partial charge is 0.255 e. The van der Waals surface area contributed by atoms with Crippen molar-refractivity contribution >= 4 is 23.0 Å². The molecule has 25 heavy (non-hydrogen) atoms. The highest BCUT2D eigenvalue weighted by Gasteiger charge is 2.06. The van der Waals surface area contributed by atoms with E-state index in [0.29, 0.717) is 22.5 Å². The first-order valence-electron chi connectivity index (χ1n) is 7.59. The summed E-state index contributed by atoms with van der Waals surface area (Å²) in [4.78, 5) is 12.1. The van der Waals surface area contributed by atoms with Crippen molar-refractivity contribution in [3.8, 4) is 6.07 Å². The first-order chi connectivity index (χ1) is 12.2. The van der Waals surface area contributed by atoms with Crippen LogP contribution >= 0.6 is 0 Å². The van der Waals surface area contributed by atoms with Gasteiger partial charge in [0.25, 0.3) is 5.91 Å². The van der Waals surface area contributed by atoms with Crippen LogP contribution in [0.5, 0.6) is 0 Å². The summed E-state index contributed by atoms with van der Waals surface area (Å²) < 4.78 is 12.9. The molecule has 122 valence electrons. The Morgan fingerprint density at radius 2 is 1.52 bits per heavy atom. The lowest BCUT2D eigenvalue weighted by molar-refractivity contribution is 0.102. The molecule has 3 aromatic rings. The molecular weight excluding hydrogens is 317 g/mol. The number of hydrogen-bond donors (Lipinski definition) is 2. The van der Waals surface area contributed by atoms with Gasteiger partial charge in [0.05, 0.1) is 11.3 Å². The second-order valence-electron chi connectivity index (χ2n) is 5.32. The lowest BCUT2D eigenvalue weighted by Gasteiger charge is -2.10. The van der Waals surface area contributed by atoms with Gasteiger partial charge in [-0.1, -0.05) is 12.1 Å². The van der Waals surface area contributed by atoms with Crippen molar-refractivity contribution in [2.45, 2.75) is 0 Å². The van der Waals surface area contributed by atoms with E-state index in [1.54, 1.807) is 36.4 Å². The van der Waals surface area contributed by atoms with Crippen molar-refractivity contribution in [2.24, 2.45) is 0 Å². The number of anilines is 3. The van der Waals surface area contributed by atoms with Gasteiger partial charge in [-0.05, 0) is 60.7 Å². The van der Waals surface area contributed by atoms with E-state index < -0.39 is 0 Å². The Morgan fingerprint density at radius 1 is 0.880 bits per heavy atom. The first kappa shape index (κ1) is 16.2. The molecule has 0 spiro atoms. The standard InChI is InChI=1S/C20H14FN3O/c21-16-7-5-14(6-8-16)20(25)24-18-11-9-17(10-12-18)23-19-4-2-1-3-15(19)13-22/h1-12,23H,(H,24,25). The Bertz CT molecular complexity index is 928. The zero-order valence-electron chi connectivity index (χ0n) is 13.2. The van der Waals surface area contributed by atoms with Gasteiger partial charge in [-0.2, -0.15) is 5.26 Å². The normalized spacial score (nSPS) is 9.92. The van der Waals surface area contributed by atoms with Gasteiger partial charge in [0.1, 0.15) is 11.9 Å². The summed E-state index contributed by atoms with van der Waals surface area (Å²) in [5.74, 6) is -0.694. The Hall–Kier alpha value is -3.65. The van der Waals surface area contributed by atoms with Crippen LogP contribution in [-0.2, 0) is 0 Å². The van der Waals surface area contributed by atoms with Gasteiger partial charge in [-0.25, -0.2) is 4.39 Å². The molecule has 0 bridgehead atoms. The predicted octanol–water partition coefficient (Wildman–Crippen LogP) is 4.69. The monoisotopic (exact) mass is 331 g/mol. The number of nitrogens with zero attached hydrogens (tertiary/aromatic N) is 1. The quantitative estimate of drug-likeness (QED) is 0.729. The molecule has 3 aromatic carbocycles. The molecule has 5 heteroatoms. The lowest BCUT2D eigenvalue weighted by atomic mass is 10.2. The number of para-hydroxylation sites is 1. The van der Waals surface area contributed by atoms with Crippen LogP contribution < -0.4 is 10.6 Å². The van der Waals surface area contributed by atoms with Crippen LogP contribution in [-0.4, -0.2) is 5.91 Å². The third-order valence-electron chi connectivity index (χ3n) is 3.58. The molecule has 0 aliphatic rings. The van der Waals surface area contributed by atoms with Gasteiger partial charge in [0.15, 0.2) is 0 Å². The van der Waals surface area contributed by atoms with Crippen LogP contribution in [0.15, 0.2) is 72.8 Å². The fourth-order valence-corrected chi connectivity index (χ4v) is 2.29. The zero-order chi connectivity index (χ0) is 17.6. The Morgan fingerprint density at radius 3 is 2.20 bits per heavy atom. The molecule has 0 saturated heterocycles. The summed E-state index contributed by atoms with van der Waals surface area (Å²) in [6, 6.07) is 21.8. The third kappa shape index (κ3) is 4.01. The fourth-order valence-electron chi connectivity index (χ4n) is 2.29. The number of hydrogen-bond acceptors (Lipinski definition) is 3. The summed E-state index contributed by atoms with van der Waals surface area (Å²) in [5.41, 5.74) is 3.06. The zero-order valence-corrected chi connectivity index (χ0v) is 13.2. The van der Waals surface area contributed by atoms with Crippen molar-refractivity contribution in [3.63, 3.8) is 0 Å². The molecule has 2 N–H and O–H groups in total. The summed E-state index contributed by atoms with van der Waals surface area (Å²) in [6.07, 6.45) is 0. The fraction of sp³-hybridized carbons (Fsp3) is 0. The summed E-state index contributed by atoms with van der Waals surface area (Å²) in [6.45, 7) is 0. The number of benzene rings is 3. The number of nitrogens with one attached hydrogen (secondary N) is 2. The number of rotatable bonds is 4. The van der Waals surface area contributed by atoms with Crippen LogP contribution in [0.2, 0.25) is 0 Å². The van der Waals surface area contributed by atoms with E-state index in [2.05, 4.69) is 16.7 Å². The third-order valence-corrected chi connectivity index (χ3v) is 3.58. The SMILES string of the molecule is N#Cc1ccccc1Nc1ccc(NC(=O)c2ccc(F)cc2)cc1. The molecule has 3 rings (SSSR count). The topological polar surface area (TPSA) is 64.9 Å². The van der Waals surface area contributed by atoms with E-state index in [-0.39, 0.29) is 11.7 Å². The van der Waals surface area contributed by atoms with Crippen LogP contribution in [0.3, 0.4) is 0 Å². The molecule has 0 unspecified atom stereocenters. The number of halogens is 1. The minimum atomic E-state index is -0.385. The molecule has 0 fully saturated rings. The minimum absolute atomic E-state index is 0.310. The molecule has 0 atom stereocenters. The van der Waals surface area contributed by atoms with Gasteiger partial charge >= 0.3 is 0 Å². The van der Waals surface area contributed by atoms with Gasteiger partial charge in [-0.15, -0.1) is 0 Å². The van der Waals surface area contributed by atoms with Crippen molar-refractivity contribution in [3.05, 3.63) is 89.7 Å². The van der Waals surface area contributed by atoms with Crippen LogP contribution in [0.25, 0.3) is 0 Å². The van der Waals surface area contributed by atoms with Crippen molar-refractivity contribution in [1.82, 2.24) is 0 Å². The number of nitriles is 1. The van der Waals surface area contributed by atoms with Crippen molar-refractivity contribution in [2.75, 3.05) is 10.6 Å². The average Bonchev–Trinajstić information content (AvgIpc) is 2.64. The minimum Gasteiger partial charge on any atom is -0.354 e. The highest BCUT2D eigenvalue weighted by molar-refractivity contribution is 6.04. The maximum absolute atomic E-state index is 12.9. The summed E-state index contributed by atoms with van der Waals surface area (Å²) >= 11 is 0. The second-order valence-corrected chi connectivity index (χ2v) is 5.32. The van der Waals surface area contributed by atoms with E-state index >= 15 is 0 Å². The van der Waals surface area contributed by atoms with Gasteiger partial charge in [0.2, 0.25) is 0 Å². The van der Waals surface area contributed by atoms with E-state index in [1.807, 2.05) is 12.1 Å². The maximum atomic E-state index is 12.9. The largest absolute Gasteiger partial charge is 0.354 e. The number of carbonyl (C=O) groups is 1. The molecular formula is C20H14FN3O. The van der Waals surface area contributed by atoms with Crippen molar-refractivity contribution in [1.29, 1.82) is 5.26 Å². The summed E-state index contributed by atoms with van der Waals surface area (Å²) in [5, 5.41) is 15.0. The van der Waals surface area contributed by atoms with E-state index in [4.69, 9.17) is 5.26 Å². The Balaban J connectivity index is 1.69. The second kappa shape index (κ2) is 7.28. The first-order valence-corrected chi connectivity index (χ1v) is 7.59. The molecule has 0 aliphatic carbocycles. The van der Waals surface area contributed by atoms with Crippen molar-refractivity contribution < 1.29 is 9.18 Å². The number of carbonyl (C=O) groups excluding carboxylic acids is 1. The van der Waals surface area contributed by atoms with Gasteiger partial charge in [-0.3, -0.25) is 4.79 Å². The van der Waals surface area contributed by atoms with E-state index in [9.17, 15) is 9.18 Å². The average molecular weight is 331 g/mol. The maximum Gasteiger partial charge on any atom is 0.255 e. The Labute approximate surface area is 144 Å².